The van der Waals surface area contributed by atoms with Gasteiger partial charge in [0, 0.05) is 12.2 Å². The van der Waals surface area contributed by atoms with E-state index in [4.69, 9.17) is 11.5 Å². The Bertz CT molecular complexity index is 409. The van der Waals surface area contributed by atoms with Gasteiger partial charge in [0.1, 0.15) is 5.69 Å². The largest absolute Gasteiger partial charge is 0.364 e. The zero-order valence-electron chi connectivity index (χ0n) is 10.1. The Morgan fingerprint density at radius 2 is 2.18 bits per heavy atom. The Morgan fingerprint density at radius 1 is 1.41 bits per heavy atom. The highest BCUT2D eigenvalue weighted by Gasteiger charge is 2.25. The summed E-state index contributed by atoms with van der Waals surface area (Å²) in [6.45, 7) is 2.22. The summed E-state index contributed by atoms with van der Waals surface area (Å²) in [5, 5.41) is 0. The number of carbonyl (C=O) groups excluding carboxylic acids is 1. The van der Waals surface area contributed by atoms with Gasteiger partial charge in [0.2, 0.25) is 0 Å². The van der Waals surface area contributed by atoms with Crippen LogP contribution in [-0.2, 0) is 0 Å². The number of aromatic nitrogens is 1. The number of primary amides is 1. The molecule has 2 rings (SSSR count). The molecule has 1 aromatic rings. The number of nitrogens with two attached hydrogens (primary N) is 2. The van der Waals surface area contributed by atoms with E-state index in [9.17, 15) is 4.79 Å². The lowest BCUT2D eigenvalue weighted by Crippen LogP contribution is -2.31. The number of hydrogen-bond acceptors (Lipinski definition) is 3. The molecule has 0 spiro atoms. The summed E-state index contributed by atoms with van der Waals surface area (Å²) in [5.41, 5.74) is 12.8. The van der Waals surface area contributed by atoms with Crippen LogP contribution in [0, 0.1) is 5.92 Å². The van der Waals surface area contributed by atoms with E-state index in [1.54, 1.807) is 12.3 Å². The number of rotatable bonds is 2. The van der Waals surface area contributed by atoms with Gasteiger partial charge in [-0.1, -0.05) is 6.92 Å². The first-order valence-electron chi connectivity index (χ1n) is 6.07. The Hall–Kier alpha value is -1.42. The van der Waals surface area contributed by atoms with E-state index in [0.717, 1.165) is 24.8 Å². The van der Waals surface area contributed by atoms with E-state index < -0.39 is 5.91 Å². The van der Waals surface area contributed by atoms with Crippen LogP contribution in [0.4, 0.5) is 0 Å². The molecule has 3 unspecified atom stereocenters. The molecule has 1 amide bonds. The van der Waals surface area contributed by atoms with Gasteiger partial charge >= 0.3 is 0 Å². The van der Waals surface area contributed by atoms with Gasteiger partial charge in [-0.25, -0.2) is 0 Å². The Balaban J connectivity index is 2.21. The lowest BCUT2D eigenvalue weighted by Gasteiger charge is -2.31. The average Bonchev–Trinajstić information content (AvgIpc) is 2.28. The molecule has 1 aliphatic carbocycles. The summed E-state index contributed by atoms with van der Waals surface area (Å²) < 4.78 is 0. The minimum atomic E-state index is -0.472. The van der Waals surface area contributed by atoms with E-state index in [0.29, 0.717) is 17.5 Å². The molecule has 0 saturated heterocycles. The van der Waals surface area contributed by atoms with Crippen molar-refractivity contribution in [1.29, 1.82) is 0 Å². The maximum atomic E-state index is 11.1. The van der Waals surface area contributed by atoms with E-state index in [2.05, 4.69) is 11.9 Å². The number of hydrogen-bond donors (Lipinski definition) is 2. The average molecular weight is 233 g/mol. The molecule has 1 heterocycles. The first-order chi connectivity index (χ1) is 8.06. The molecule has 4 nitrogen and oxygen atoms in total. The second kappa shape index (κ2) is 4.84. The summed E-state index contributed by atoms with van der Waals surface area (Å²) in [4.78, 5) is 15.1. The van der Waals surface area contributed by atoms with Crippen LogP contribution in [-0.4, -0.2) is 16.9 Å². The lowest BCUT2D eigenvalue weighted by atomic mass is 9.76. The Labute approximate surface area is 101 Å². The summed E-state index contributed by atoms with van der Waals surface area (Å²) in [7, 11) is 0. The van der Waals surface area contributed by atoms with Gasteiger partial charge in [-0.15, -0.1) is 0 Å². The van der Waals surface area contributed by atoms with Crippen molar-refractivity contribution in [2.45, 2.75) is 38.1 Å². The summed E-state index contributed by atoms with van der Waals surface area (Å²) in [6, 6.07) is 4.02. The lowest BCUT2D eigenvalue weighted by molar-refractivity contribution is 0.0995. The van der Waals surface area contributed by atoms with Crippen molar-refractivity contribution in [3.63, 3.8) is 0 Å². The van der Waals surface area contributed by atoms with Crippen molar-refractivity contribution in [3.8, 4) is 0 Å². The molecule has 17 heavy (non-hydrogen) atoms. The molecular formula is C13H19N3O. The molecule has 3 atom stereocenters. The minimum absolute atomic E-state index is 0.258. The number of amides is 1. The van der Waals surface area contributed by atoms with Gasteiger partial charge in [-0.3, -0.25) is 9.78 Å². The molecule has 1 aliphatic rings. The predicted molar refractivity (Wildman–Crippen MR) is 66.5 cm³/mol. The van der Waals surface area contributed by atoms with Crippen LogP contribution in [0.1, 0.15) is 48.2 Å². The molecule has 1 saturated carbocycles. The van der Waals surface area contributed by atoms with Gasteiger partial charge in [-0.05, 0) is 48.8 Å². The van der Waals surface area contributed by atoms with Crippen molar-refractivity contribution >= 4 is 5.91 Å². The fourth-order valence-electron chi connectivity index (χ4n) is 2.76. The van der Waals surface area contributed by atoms with Crippen LogP contribution in [0.15, 0.2) is 18.3 Å². The topological polar surface area (TPSA) is 82.0 Å². The molecule has 4 N–H and O–H groups in total. The molecule has 92 valence electrons. The molecule has 0 bridgehead atoms. The first kappa shape index (κ1) is 12.0. The molecule has 1 aromatic heterocycles. The van der Waals surface area contributed by atoms with E-state index in [1.807, 2.05) is 6.07 Å². The van der Waals surface area contributed by atoms with E-state index >= 15 is 0 Å². The maximum Gasteiger partial charge on any atom is 0.267 e. The zero-order valence-corrected chi connectivity index (χ0v) is 10.1. The monoisotopic (exact) mass is 233 g/mol. The zero-order chi connectivity index (χ0) is 12.4. The highest BCUT2D eigenvalue weighted by Crippen LogP contribution is 2.35. The smallest absolute Gasteiger partial charge is 0.267 e. The van der Waals surface area contributed by atoms with Gasteiger partial charge in [0.05, 0.1) is 0 Å². The number of nitrogens with zero attached hydrogens (tertiary/aromatic N) is 1. The molecule has 4 heteroatoms. The van der Waals surface area contributed by atoms with E-state index in [1.165, 1.54) is 0 Å². The van der Waals surface area contributed by atoms with Gasteiger partial charge < -0.3 is 11.5 Å². The van der Waals surface area contributed by atoms with Crippen LogP contribution < -0.4 is 11.5 Å². The Kier molecular flexibility index (Phi) is 3.43. The second-order valence-electron chi connectivity index (χ2n) is 5.11. The summed E-state index contributed by atoms with van der Waals surface area (Å²) >= 11 is 0. The third-order valence-corrected chi connectivity index (χ3v) is 3.49. The number of carbonyl (C=O) groups is 1. The maximum absolute atomic E-state index is 11.1. The molecule has 0 radical (unpaired) electrons. The normalized spacial score (nSPS) is 28.9. The third-order valence-electron chi connectivity index (χ3n) is 3.49. The second-order valence-corrected chi connectivity index (χ2v) is 5.11. The Morgan fingerprint density at radius 3 is 2.82 bits per heavy atom. The fraction of sp³-hybridized carbons (Fsp3) is 0.538. The van der Waals surface area contributed by atoms with Crippen molar-refractivity contribution in [2.75, 3.05) is 0 Å². The van der Waals surface area contributed by atoms with Gasteiger partial charge in [0.25, 0.3) is 5.91 Å². The fourth-order valence-corrected chi connectivity index (χ4v) is 2.76. The van der Waals surface area contributed by atoms with Crippen LogP contribution in [0.3, 0.4) is 0 Å². The SMILES string of the molecule is CC1CC(N)CC(c2ccnc(C(N)=O)c2)C1. The van der Waals surface area contributed by atoms with Crippen LogP contribution >= 0.6 is 0 Å². The van der Waals surface area contributed by atoms with Crippen LogP contribution in [0.2, 0.25) is 0 Å². The van der Waals surface area contributed by atoms with E-state index in [-0.39, 0.29) is 6.04 Å². The number of pyridine rings is 1. The third kappa shape index (κ3) is 2.82. The standard InChI is InChI=1S/C13H19N3O/c1-8-4-10(6-11(14)5-8)9-2-3-16-12(7-9)13(15)17/h2-3,7-8,10-11H,4-6,14H2,1H3,(H2,15,17). The molecular weight excluding hydrogens is 214 g/mol. The molecule has 1 fully saturated rings. The van der Waals surface area contributed by atoms with Gasteiger partial charge in [-0.2, -0.15) is 0 Å². The van der Waals surface area contributed by atoms with Crippen molar-refractivity contribution in [3.05, 3.63) is 29.6 Å². The van der Waals surface area contributed by atoms with Crippen molar-refractivity contribution < 1.29 is 4.79 Å². The van der Waals surface area contributed by atoms with Crippen molar-refractivity contribution in [1.82, 2.24) is 4.98 Å². The highest BCUT2D eigenvalue weighted by molar-refractivity contribution is 5.90. The first-order valence-corrected chi connectivity index (χ1v) is 6.07. The summed E-state index contributed by atoms with van der Waals surface area (Å²) in [5.74, 6) is 0.587. The van der Waals surface area contributed by atoms with Crippen LogP contribution in [0.25, 0.3) is 0 Å². The summed E-state index contributed by atoms with van der Waals surface area (Å²) in [6.07, 6.45) is 4.84. The highest BCUT2D eigenvalue weighted by atomic mass is 16.1. The van der Waals surface area contributed by atoms with Crippen molar-refractivity contribution in [2.24, 2.45) is 17.4 Å². The minimum Gasteiger partial charge on any atom is -0.364 e. The predicted octanol–water partition coefficient (Wildman–Crippen LogP) is 1.41. The van der Waals surface area contributed by atoms with Crippen LogP contribution in [0.5, 0.6) is 0 Å². The molecule has 0 aromatic carbocycles. The van der Waals surface area contributed by atoms with Gasteiger partial charge in [0.15, 0.2) is 0 Å². The quantitative estimate of drug-likeness (QED) is 0.810. The molecule has 0 aliphatic heterocycles.